The zero-order valence-corrected chi connectivity index (χ0v) is 17.9. The van der Waals surface area contributed by atoms with Crippen LogP contribution in [0.15, 0.2) is 65.9 Å². The van der Waals surface area contributed by atoms with Crippen LogP contribution in [0.2, 0.25) is 0 Å². The average molecular weight is 420 g/mol. The van der Waals surface area contributed by atoms with E-state index in [0.29, 0.717) is 13.1 Å². The van der Waals surface area contributed by atoms with Crippen molar-refractivity contribution in [2.75, 3.05) is 33.4 Å². The van der Waals surface area contributed by atoms with Gasteiger partial charge in [-0.1, -0.05) is 42.5 Å². The molecule has 1 saturated heterocycles. The van der Waals surface area contributed by atoms with E-state index in [1.54, 1.807) is 13.4 Å². The lowest BCUT2D eigenvalue weighted by molar-refractivity contribution is 0.0341. The average Bonchev–Trinajstić information content (AvgIpc) is 3.30. The van der Waals surface area contributed by atoms with Crippen LogP contribution in [0.5, 0.6) is 0 Å². The Kier molecular flexibility index (Phi) is 7.25. The normalized spacial score (nSPS) is 15.1. The Labute approximate surface area is 183 Å². The summed E-state index contributed by atoms with van der Waals surface area (Å²) in [7, 11) is 1.77. The number of guanidine groups is 1. The van der Waals surface area contributed by atoms with Gasteiger partial charge in [-0.3, -0.25) is 14.5 Å². The molecule has 0 aliphatic carbocycles. The molecule has 1 aliphatic heterocycles. The molecule has 31 heavy (non-hydrogen) atoms. The molecule has 1 aromatic heterocycles. The standard InChI is InChI=1S/C23H29N7O/c1-24-23(26-16-22-28-27-18-30(22)21-9-3-2-4-10-21)25-15-19-7-5-6-8-20(19)17-29-11-13-31-14-12-29/h2-10,18H,11-17H2,1H3,(H2,24,25,26). The molecule has 0 amide bonds. The Bertz CT molecular complexity index is 980. The summed E-state index contributed by atoms with van der Waals surface area (Å²) in [5, 5.41) is 15.1. The van der Waals surface area contributed by atoms with Crippen LogP contribution >= 0.6 is 0 Å². The number of hydrogen-bond acceptors (Lipinski definition) is 5. The number of nitrogens with one attached hydrogen (secondary N) is 2. The van der Waals surface area contributed by atoms with Crippen molar-refractivity contribution >= 4 is 5.96 Å². The molecule has 8 nitrogen and oxygen atoms in total. The van der Waals surface area contributed by atoms with E-state index < -0.39 is 0 Å². The molecular formula is C23H29N7O. The SMILES string of the molecule is CN=C(NCc1ccccc1CN1CCOCC1)NCc1nncn1-c1ccccc1. The lowest BCUT2D eigenvalue weighted by atomic mass is 10.1. The molecule has 0 spiro atoms. The largest absolute Gasteiger partial charge is 0.379 e. The van der Waals surface area contributed by atoms with Crippen LogP contribution in [0.25, 0.3) is 5.69 Å². The number of aliphatic imine (C=N–C) groups is 1. The molecule has 4 rings (SSSR count). The Morgan fingerprint density at radius 1 is 0.968 bits per heavy atom. The van der Waals surface area contributed by atoms with Gasteiger partial charge in [-0.15, -0.1) is 10.2 Å². The first-order valence-electron chi connectivity index (χ1n) is 10.6. The van der Waals surface area contributed by atoms with Gasteiger partial charge in [0.1, 0.15) is 6.33 Å². The van der Waals surface area contributed by atoms with Crippen LogP contribution in [-0.2, 0) is 24.4 Å². The summed E-state index contributed by atoms with van der Waals surface area (Å²) in [6.45, 7) is 5.73. The van der Waals surface area contributed by atoms with Crippen LogP contribution in [0.4, 0.5) is 0 Å². The van der Waals surface area contributed by atoms with Crippen LogP contribution < -0.4 is 10.6 Å². The first-order valence-corrected chi connectivity index (χ1v) is 10.6. The van der Waals surface area contributed by atoms with E-state index in [9.17, 15) is 0 Å². The van der Waals surface area contributed by atoms with Gasteiger partial charge in [0.2, 0.25) is 0 Å². The Hall–Kier alpha value is -3.23. The zero-order valence-electron chi connectivity index (χ0n) is 17.9. The number of benzene rings is 2. The fourth-order valence-electron chi connectivity index (χ4n) is 3.63. The summed E-state index contributed by atoms with van der Waals surface area (Å²) >= 11 is 0. The molecule has 2 N–H and O–H groups in total. The smallest absolute Gasteiger partial charge is 0.191 e. The highest BCUT2D eigenvalue weighted by Crippen LogP contribution is 2.13. The molecular weight excluding hydrogens is 390 g/mol. The number of rotatable bonds is 7. The molecule has 1 aliphatic rings. The van der Waals surface area contributed by atoms with Gasteiger partial charge in [-0.05, 0) is 23.3 Å². The van der Waals surface area contributed by atoms with Crippen molar-refractivity contribution < 1.29 is 4.74 Å². The first-order chi connectivity index (χ1) is 15.3. The quantitative estimate of drug-likeness (QED) is 0.450. The second kappa shape index (κ2) is 10.7. The number of ether oxygens (including phenoxy) is 1. The first kappa shape index (κ1) is 21.0. The van der Waals surface area contributed by atoms with Crippen molar-refractivity contribution in [2.45, 2.75) is 19.6 Å². The number of hydrogen-bond donors (Lipinski definition) is 2. The molecule has 0 saturated carbocycles. The molecule has 0 radical (unpaired) electrons. The minimum absolute atomic E-state index is 0.518. The molecule has 8 heteroatoms. The molecule has 2 aromatic carbocycles. The van der Waals surface area contributed by atoms with Crippen molar-refractivity contribution in [3.8, 4) is 5.69 Å². The maximum absolute atomic E-state index is 5.47. The highest BCUT2D eigenvalue weighted by Gasteiger charge is 2.13. The summed E-state index contributed by atoms with van der Waals surface area (Å²) in [6.07, 6.45) is 1.73. The monoisotopic (exact) mass is 419 g/mol. The molecule has 0 unspecified atom stereocenters. The number of nitrogens with zero attached hydrogens (tertiary/aromatic N) is 5. The van der Waals surface area contributed by atoms with Gasteiger partial charge in [0.05, 0.1) is 19.8 Å². The molecule has 2 heterocycles. The van der Waals surface area contributed by atoms with Gasteiger partial charge < -0.3 is 15.4 Å². The van der Waals surface area contributed by atoms with Gasteiger partial charge in [0, 0.05) is 38.9 Å². The van der Waals surface area contributed by atoms with Gasteiger partial charge in [0.25, 0.3) is 0 Å². The Morgan fingerprint density at radius 2 is 1.68 bits per heavy atom. The Balaban J connectivity index is 1.34. The molecule has 3 aromatic rings. The number of morpholine rings is 1. The second-order valence-electron chi connectivity index (χ2n) is 7.39. The molecule has 1 fully saturated rings. The van der Waals surface area contributed by atoms with Crippen LogP contribution in [0.1, 0.15) is 17.0 Å². The van der Waals surface area contributed by atoms with E-state index >= 15 is 0 Å². The lowest BCUT2D eigenvalue weighted by Gasteiger charge is -2.27. The zero-order chi connectivity index (χ0) is 21.3. The van der Waals surface area contributed by atoms with Gasteiger partial charge in [-0.25, -0.2) is 0 Å². The van der Waals surface area contributed by atoms with E-state index in [1.807, 2.05) is 34.9 Å². The van der Waals surface area contributed by atoms with Gasteiger partial charge in [0.15, 0.2) is 11.8 Å². The predicted octanol–water partition coefficient (Wildman–Crippen LogP) is 1.96. The van der Waals surface area contributed by atoms with E-state index in [0.717, 1.165) is 50.3 Å². The maximum Gasteiger partial charge on any atom is 0.191 e. The molecule has 162 valence electrons. The van der Waals surface area contributed by atoms with Crippen LogP contribution in [0.3, 0.4) is 0 Å². The predicted molar refractivity (Wildman–Crippen MR) is 121 cm³/mol. The third-order valence-corrected chi connectivity index (χ3v) is 5.35. The third kappa shape index (κ3) is 5.68. The summed E-state index contributed by atoms with van der Waals surface area (Å²) in [6, 6.07) is 18.6. The van der Waals surface area contributed by atoms with Crippen molar-refractivity contribution in [3.05, 3.63) is 77.9 Å². The number of aromatic nitrogens is 3. The van der Waals surface area contributed by atoms with E-state index in [-0.39, 0.29) is 0 Å². The minimum atomic E-state index is 0.518. The summed E-state index contributed by atoms with van der Waals surface area (Å²) in [5.41, 5.74) is 3.63. The fraction of sp³-hybridized carbons (Fsp3) is 0.348. The summed E-state index contributed by atoms with van der Waals surface area (Å²) in [4.78, 5) is 6.80. The van der Waals surface area contributed by atoms with Gasteiger partial charge >= 0.3 is 0 Å². The van der Waals surface area contributed by atoms with Crippen LogP contribution in [-0.4, -0.2) is 59.0 Å². The Morgan fingerprint density at radius 3 is 2.45 bits per heavy atom. The second-order valence-corrected chi connectivity index (χ2v) is 7.39. The van der Waals surface area contributed by atoms with Crippen molar-refractivity contribution in [1.29, 1.82) is 0 Å². The van der Waals surface area contributed by atoms with Gasteiger partial charge in [-0.2, -0.15) is 0 Å². The van der Waals surface area contributed by atoms with E-state index in [2.05, 4.69) is 55.0 Å². The van der Waals surface area contributed by atoms with Crippen molar-refractivity contribution in [1.82, 2.24) is 30.3 Å². The summed E-state index contributed by atoms with van der Waals surface area (Å²) in [5.74, 6) is 1.55. The lowest BCUT2D eigenvalue weighted by Crippen LogP contribution is -2.38. The van der Waals surface area contributed by atoms with E-state index in [1.165, 1.54) is 11.1 Å². The highest BCUT2D eigenvalue weighted by atomic mass is 16.5. The topological polar surface area (TPSA) is 79.6 Å². The third-order valence-electron chi connectivity index (χ3n) is 5.35. The van der Waals surface area contributed by atoms with Crippen LogP contribution in [0, 0.1) is 0 Å². The highest BCUT2D eigenvalue weighted by molar-refractivity contribution is 5.79. The van der Waals surface area contributed by atoms with Crippen molar-refractivity contribution in [2.24, 2.45) is 4.99 Å². The maximum atomic E-state index is 5.47. The minimum Gasteiger partial charge on any atom is -0.379 e. The van der Waals surface area contributed by atoms with E-state index in [4.69, 9.17) is 4.74 Å². The molecule has 0 bridgehead atoms. The van der Waals surface area contributed by atoms with Crippen molar-refractivity contribution in [3.63, 3.8) is 0 Å². The molecule has 0 atom stereocenters. The summed E-state index contributed by atoms with van der Waals surface area (Å²) < 4.78 is 7.44. The number of para-hydroxylation sites is 1. The fourth-order valence-corrected chi connectivity index (χ4v) is 3.63.